The molecule has 98 valence electrons. The SMILES string of the molecule is Cc1ccc(C)c(CN2CC(N)CC2C(=O)O)c1. The van der Waals surface area contributed by atoms with Crippen LogP contribution in [0.4, 0.5) is 0 Å². The van der Waals surface area contributed by atoms with Crippen molar-refractivity contribution in [1.29, 1.82) is 0 Å². The van der Waals surface area contributed by atoms with E-state index in [-0.39, 0.29) is 6.04 Å². The van der Waals surface area contributed by atoms with Gasteiger partial charge in [0.1, 0.15) is 6.04 Å². The molecule has 1 aromatic rings. The minimum atomic E-state index is -0.770. The van der Waals surface area contributed by atoms with Crippen LogP contribution in [0.2, 0.25) is 0 Å². The van der Waals surface area contributed by atoms with Crippen LogP contribution in [-0.4, -0.2) is 34.6 Å². The molecule has 18 heavy (non-hydrogen) atoms. The molecule has 0 spiro atoms. The fraction of sp³-hybridized carbons (Fsp3) is 0.500. The quantitative estimate of drug-likeness (QED) is 0.846. The number of likely N-dealkylation sites (tertiary alicyclic amines) is 1. The standard InChI is InChI=1S/C14H20N2O2/c1-9-3-4-10(2)11(5-9)7-16-8-12(15)6-13(16)14(17)18/h3-5,12-13H,6-8,15H2,1-2H3,(H,17,18). The summed E-state index contributed by atoms with van der Waals surface area (Å²) < 4.78 is 0. The highest BCUT2D eigenvalue weighted by Crippen LogP contribution is 2.21. The first-order valence-electron chi connectivity index (χ1n) is 6.26. The lowest BCUT2D eigenvalue weighted by atomic mass is 10.0. The highest BCUT2D eigenvalue weighted by molar-refractivity contribution is 5.74. The molecule has 1 fully saturated rings. The maximum atomic E-state index is 11.2. The van der Waals surface area contributed by atoms with Gasteiger partial charge in [-0.25, -0.2) is 0 Å². The minimum absolute atomic E-state index is 0.0313. The van der Waals surface area contributed by atoms with Crippen molar-refractivity contribution in [2.75, 3.05) is 6.54 Å². The van der Waals surface area contributed by atoms with Crippen LogP contribution in [0.1, 0.15) is 23.1 Å². The van der Waals surface area contributed by atoms with Gasteiger partial charge in [0.2, 0.25) is 0 Å². The van der Waals surface area contributed by atoms with E-state index in [1.54, 1.807) is 0 Å². The number of aryl methyl sites for hydroxylation is 2. The second kappa shape index (κ2) is 5.08. The predicted octanol–water partition coefficient (Wildman–Crippen LogP) is 1.29. The summed E-state index contributed by atoms with van der Waals surface area (Å²) in [7, 11) is 0. The number of hydrogen-bond acceptors (Lipinski definition) is 3. The smallest absolute Gasteiger partial charge is 0.320 e. The lowest BCUT2D eigenvalue weighted by Gasteiger charge is -2.22. The number of carboxylic acid groups (broad SMARTS) is 1. The largest absolute Gasteiger partial charge is 0.480 e. The van der Waals surface area contributed by atoms with E-state index in [4.69, 9.17) is 5.73 Å². The normalized spacial score (nSPS) is 24.4. The summed E-state index contributed by atoms with van der Waals surface area (Å²) in [5.41, 5.74) is 9.46. The average molecular weight is 248 g/mol. The van der Waals surface area contributed by atoms with Gasteiger partial charge in [-0.05, 0) is 31.4 Å². The monoisotopic (exact) mass is 248 g/mol. The summed E-state index contributed by atoms with van der Waals surface area (Å²) in [5, 5.41) is 9.21. The maximum Gasteiger partial charge on any atom is 0.320 e. The summed E-state index contributed by atoms with van der Waals surface area (Å²) in [5.74, 6) is -0.770. The van der Waals surface area contributed by atoms with E-state index < -0.39 is 12.0 Å². The molecule has 4 nitrogen and oxygen atoms in total. The van der Waals surface area contributed by atoms with Crippen LogP contribution in [-0.2, 0) is 11.3 Å². The molecule has 0 amide bonds. The Morgan fingerprint density at radius 3 is 2.89 bits per heavy atom. The summed E-state index contributed by atoms with van der Waals surface area (Å²) in [6, 6.07) is 5.80. The summed E-state index contributed by atoms with van der Waals surface area (Å²) in [6.07, 6.45) is 0.542. The zero-order valence-corrected chi connectivity index (χ0v) is 10.9. The Labute approximate surface area is 107 Å². The van der Waals surface area contributed by atoms with Crippen LogP contribution in [0.25, 0.3) is 0 Å². The fourth-order valence-corrected chi connectivity index (χ4v) is 2.56. The number of aliphatic carboxylic acids is 1. The van der Waals surface area contributed by atoms with E-state index in [9.17, 15) is 9.90 Å². The van der Waals surface area contributed by atoms with Crippen LogP contribution in [0.15, 0.2) is 18.2 Å². The molecule has 1 heterocycles. The Balaban J connectivity index is 2.17. The molecule has 0 radical (unpaired) electrons. The number of nitrogens with two attached hydrogens (primary N) is 1. The van der Waals surface area contributed by atoms with E-state index in [2.05, 4.69) is 25.1 Å². The molecule has 0 bridgehead atoms. The van der Waals surface area contributed by atoms with Gasteiger partial charge >= 0.3 is 5.97 Å². The second-order valence-electron chi connectivity index (χ2n) is 5.21. The van der Waals surface area contributed by atoms with E-state index in [0.717, 1.165) is 0 Å². The van der Waals surface area contributed by atoms with Gasteiger partial charge in [-0.1, -0.05) is 23.8 Å². The van der Waals surface area contributed by atoms with E-state index in [1.165, 1.54) is 16.7 Å². The molecule has 1 aliphatic heterocycles. The third kappa shape index (κ3) is 2.71. The van der Waals surface area contributed by atoms with Crippen molar-refractivity contribution in [2.24, 2.45) is 5.73 Å². The highest BCUT2D eigenvalue weighted by atomic mass is 16.4. The number of nitrogens with zero attached hydrogens (tertiary/aromatic N) is 1. The van der Waals surface area contributed by atoms with Crippen molar-refractivity contribution < 1.29 is 9.90 Å². The van der Waals surface area contributed by atoms with Crippen LogP contribution in [0.5, 0.6) is 0 Å². The molecule has 0 saturated carbocycles. The maximum absolute atomic E-state index is 11.2. The Morgan fingerprint density at radius 1 is 1.50 bits per heavy atom. The molecule has 1 aliphatic rings. The highest BCUT2D eigenvalue weighted by Gasteiger charge is 2.35. The van der Waals surface area contributed by atoms with Crippen LogP contribution in [0, 0.1) is 13.8 Å². The lowest BCUT2D eigenvalue weighted by molar-refractivity contribution is -0.142. The number of hydrogen-bond donors (Lipinski definition) is 2. The molecule has 0 aromatic heterocycles. The van der Waals surface area contributed by atoms with E-state index in [0.29, 0.717) is 19.5 Å². The summed E-state index contributed by atoms with van der Waals surface area (Å²) >= 11 is 0. The van der Waals surface area contributed by atoms with Gasteiger partial charge in [-0.3, -0.25) is 9.69 Å². The number of benzene rings is 1. The van der Waals surface area contributed by atoms with Gasteiger partial charge < -0.3 is 10.8 Å². The Hall–Kier alpha value is -1.39. The molecule has 1 aromatic carbocycles. The molecule has 2 unspecified atom stereocenters. The van der Waals surface area contributed by atoms with Gasteiger partial charge in [0.25, 0.3) is 0 Å². The lowest BCUT2D eigenvalue weighted by Crippen LogP contribution is -2.35. The Bertz CT molecular complexity index is 459. The minimum Gasteiger partial charge on any atom is -0.480 e. The van der Waals surface area contributed by atoms with Gasteiger partial charge in [-0.15, -0.1) is 0 Å². The molecule has 1 saturated heterocycles. The van der Waals surface area contributed by atoms with Crippen LogP contribution in [0.3, 0.4) is 0 Å². The first-order chi connectivity index (χ1) is 8.47. The van der Waals surface area contributed by atoms with Crippen molar-refractivity contribution in [3.05, 3.63) is 34.9 Å². The van der Waals surface area contributed by atoms with Gasteiger partial charge in [-0.2, -0.15) is 0 Å². The van der Waals surface area contributed by atoms with Crippen LogP contribution >= 0.6 is 0 Å². The molecule has 2 atom stereocenters. The molecular weight excluding hydrogens is 228 g/mol. The molecule has 0 aliphatic carbocycles. The van der Waals surface area contributed by atoms with Gasteiger partial charge in [0, 0.05) is 19.1 Å². The summed E-state index contributed by atoms with van der Waals surface area (Å²) in [4.78, 5) is 13.2. The molecular formula is C14H20N2O2. The molecule has 2 rings (SSSR count). The number of carboxylic acids is 1. The molecule has 3 N–H and O–H groups in total. The van der Waals surface area contributed by atoms with Crippen molar-refractivity contribution in [1.82, 2.24) is 4.90 Å². The van der Waals surface area contributed by atoms with Gasteiger partial charge in [0.05, 0.1) is 0 Å². The predicted molar refractivity (Wildman–Crippen MR) is 70.3 cm³/mol. The zero-order chi connectivity index (χ0) is 13.3. The number of carbonyl (C=O) groups is 1. The van der Waals surface area contributed by atoms with Crippen molar-refractivity contribution in [2.45, 2.75) is 38.9 Å². The third-order valence-corrected chi connectivity index (χ3v) is 3.60. The van der Waals surface area contributed by atoms with Crippen molar-refractivity contribution in [3.63, 3.8) is 0 Å². The summed E-state index contributed by atoms with van der Waals surface area (Å²) in [6.45, 7) is 5.43. The first-order valence-corrected chi connectivity index (χ1v) is 6.26. The average Bonchev–Trinajstić information content (AvgIpc) is 2.65. The van der Waals surface area contributed by atoms with Crippen LogP contribution < -0.4 is 5.73 Å². The van der Waals surface area contributed by atoms with E-state index >= 15 is 0 Å². The Morgan fingerprint density at radius 2 is 2.22 bits per heavy atom. The van der Waals surface area contributed by atoms with E-state index in [1.807, 2.05) is 11.8 Å². The Kier molecular flexibility index (Phi) is 3.68. The van der Waals surface area contributed by atoms with Crippen molar-refractivity contribution >= 4 is 5.97 Å². The topological polar surface area (TPSA) is 66.6 Å². The fourth-order valence-electron chi connectivity index (χ4n) is 2.56. The number of rotatable bonds is 3. The third-order valence-electron chi connectivity index (χ3n) is 3.60. The van der Waals surface area contributed by atoms with Crippen molar-refractivity contribution in [3.8, 4) is 0 Å². The second-order valence-corrected chi connectivity index (χ2v) is 5.21. The molecule has 4 heteroatoms. The first kappa shape index (κ1) is 13.1. The zero-order valence-electron chi connectivity index (χ0n) is 10.9. The van der Waals surface area contributed by atoms with Gasteiger partial charge in [0.15, 0.2) is 0 Å².